The zero-order valence-electron chi connectivity index (χ0n) is 18.1. The summed E-state index contributed by atoms with van der Waals surface area (Å²) in [6.45, 7) is 4.00. The molecule has 0 aliphatic carbocycles. The van der Waals surface area contributed by atoms with Crippen molar-refractivity contribution in [1.82, 2.24) is 9.47 Å². The number of pyridine rings is 1. The highest BCUT2D eigenvalue weighted by molar-refractivity contribution is 5.49. The van der Waals surface area contributed by atoms with Crippen LogP contribution in [0.4, 0.5) is 4.39 Å². The lowest BCUT2D eigenvalue weighted by Crippen LogP contribution is -2.25. The van der Waals surface area contributed by atoms with Crippen LogP contribution in [0.15, 0.2) is 65.6 Å². The first kappa shape index (κ1) is 21.9. The minimum absolute atomic E-state index is 0.230. The average Bonchev–Trinajstić information content (AvgIpc) is 3.33. The molecule has 168 valence electrons. The van der Waals surface area contributed by atoms with E-state index in [0.29, 0.717) is 29.5 Å². The van der Waals surface area contributed by atoms with Gasteiger partial charge in [0.1, 0.15) is 24.8 Å². The smallest absolute Gasteiger partial charge is 0.258 e. The Balaban J connectivity index is 1.41. The summed E-state index contributed by atoms with van der Waals surface area (Å²) in [5.74, 6) is 1.38. The van der Waals surface area contributed by atoms with E-state index in [9.17, 15) is 9.18 Å². The Morgan fingerprint density at radius 3 is 2.44 bits per heavy atom. The Hall–Kier alpha value is -3.32. The molecule has 0 saturated carbocycles. The van der Waals surface area contributed by atoms with Crippen LogP contribution in [0.2, 0.25) is 0 Å². The van der Waals surface area contributed by atoms with Crippen LogP contribution in [0.3, 0.4) is 0 Å². The molecule has 1 saturated heterocycles. The first-order valence-corrected chi connectivity index (χ1v) is 10.8. The van der Waals surface area contributed by atoms with E-state index in [-0.39, 0.29) is 18.0 Å². The molecular formula is C25H27FN2O4. The second-order valence-electron chi connectivity index (χ2n) is 7.72. The molecule has 4 rings (SSSR count). The zero-order valence-corrected chi connectivity index (χ0v) is 18.1. The summed E-state index contributed by atoms with van der Waals surface area (Å²) in [6, 6.07) is 14.6. The third kappa shape index (κ3) is 5.48. The predicted octanol–water partition coefficient (Wildman–Crippen LogP) is 4.04. The van der Waals surface area contributed by atoms with Crippen molar-refractivity contribution >= 4 is 0 Å². The van der Waals surface area contributed by atoms with Gasteiger partial charge in [-0.25, -0.2) is 4.39 Å². The molecule has 0 bridgehead atoms. The molecular weight excluding hydrogens is 411 g/mol. The number of hydrogen-bond acceptors (Lipinski definition) is 5. The zero-order chi connectivity index (χ0) is 22.3. The molecule has 3 aromatic rings. The van der Waals surface area contributed by atoms with Crippen LogP contribution in [0, 0.1) is 5.82 Å². The SMILES string of the molecule is COc1cc(-n2ccc(OCc3ccc(F)cc3)cc2=O)ccc1OCCN1CCCC1. The summed E-state index contributed by atoms with van der Waals surface area (Å²) >= 11 is 0. The van der Waals surface area contributed by atoms with Gasteiger partial charge < -0.3 is 14.2 Å². The molecule has 1 aliphatic rings. The van der Waals surface area contributed by atoms with E-state index in [0.717, 1.165) is 25.2 Å². The summed E-state index contributed by atoms with van der Waals surface area (Å²) in [5, 5.41) is 0. The molecule has 1 aromatic heterocycles. The summed E-state index contributed by atoms with van der Waals surface area (Å²) < 4.78 is 31.6. The molecule has 0 radical (unpaired) electrons. The van der Waals surface area contributed by atoms with Crippen molar-refractivity contribution in [3.8, 4) is 22.9 Å². The quantitative estimate of drug-likeness (QED) is 0.505. The first-order valence-electron chi connectivity index (χ1n) is 10.8. The van der Waals surface area contributed by atoms with Crippen LogP contribution >= 0.6 is 0 Å². The van der Waals surface area contributed by atoms with Gasteiger partial charge >= 0.3 is 0 Å². The van der Waals surface area contributed by atoms with E-state index in [1.54, 1.807) is 37.6 Å². The van der Waals surface area contributed by atoms with Gasteiger partial charge in [-0.3, -0.25) is 14.3 Å². The molecule has 2 aromatic carbocycles. The monoisotopic (exact) mass is 438 g/mol. The Morgan fingerprint density at radius 2 is 1.72 bits per heavy atom. The fraction of sp³-hybridized carbons (Fsp3) is 0.320. The van der Waals surface area contributed by atoms with Gasteiger partial charge in [-0.1, -0.05) is 12.1 Å². The summed E-state index contributed by atoms with van der Waals surface area (Å²) in [6.07, 6.45) is 4.16. The number of likely N-dealkylation sites (tertiary alicyclic amines) is 1. The lowest BCUT2D eigenvalue weighted by Gasteiger charge is -2.17. The van der Waals surface area contributed by atoms with Crippen LogP contribution in [0.25, 0.3) is 5.69 Å². The highest BCUT2D eigenvalue weighted by Gasteiger charge is 2.13. The van der Waals surface area contributed by atoms with Crippen molar-refractivity contribution < 1.29 is 18.6 Å². The lowest BCUT2D eigenvalue weighted by molar-refractivity contribution is 0.230. The standard InChI is InChI=1S/C25H27FN2O4/c1-30-24-16-21(8-9-23(24)31-15-14-27-11-2-3-12-27)28-13-10-22(17-25(28)29)32-18-19-4-6-20(26)7-5-19/h4-10,13,16-17H,2-3,11-12,14-15,18H2,1H3. The third-order valence-corrected chi connectivity index (χ3v) is 5.50. The fourth-order valence-electron chi connectivity index (χ4n) is 3.73. The molecule has 0 amide bonds. The number of halogens is 1. The second-order valence-corrected chi connectivity index (χ2v) is 7.72. The highest BCUT2D eigenvalue weighted by atomic mass is 19.1. The Morgan fingerprint density at radius 1 is 0.938 bits per heavy atom. The van der Waals surface area contributed by atoms with Crippen molar-refractivity contribution in [3.63, 3.8) is 0 Å². The van der Waals surface area contributed by atoms with Crippen molar-refractivity contribution in [1.29, 1.82) is 0 Å². The average molecular weight is 438 g/mol. The number of ether oxygens (including phenoxy) is 3. The molecule has 32 heavy (non-hydrogen) atoms. The van der Waals surface area contributed by atoms with Gasteiger partial charge in [0.05, 0.1) is 12.8 Å². The fourth-order valence-corrected chi connectivity index (χ4v) is 3.73. The number of hydrogen-bond donors (Lipinski definition) is 0. The lowest BCUT2D eigenvalue weighted by atomic mass is 10.2. The maximum absolute atomic E-state index is 13.0. The molecule has 7 heteroatoms. The van der Waals surface area contributed by atoms with E-state index < -0.39 is 0 Å². The Kier molecular flexibility index (Phi) is 7.07. The summed E-state index contributed by atoms with van der Waals surface area (Å²) in [7, 11) is 1.58. The highest BCUT2D eigenvalue weighted by Crippen LogP contribution is 2.29. The summed E-state index contributed by atoms with van der Waals surface area (Å²) in [4.78, 5) is 15.0. The Bertz CT molecular complexity index is 1090. The molecule has 0 atom stereocenters. The first-order chi connectivity index (χ1) is 15.6. The van der Waals surface area contributed by atoms with E-state index in [1.165, 1.54) is 35.6 Å². The van der Waals surface area contributed by atoms with Crippen LogP contribution in [0.1, 0.15) is 18.4 Å². The molecule has 1 aliphatic heterocycles. The number of methoxy groups -OCH3 is 1. The third-order valence-electron chi connectivity index (χ3n) is 5.50. The molecule has 1 fully saturated rings. The van der Waals surface area contributed by atoms with Crippen molar-refractivity contribution in [3.05, 3.63) is 82.5 Å². The number of benzene rings is 2. The van der Waals surface area contributed by atoms with E-state index in [4.69, 9.17) is 14.2 Å². The minimum Gasteiger partial charge on any atom is -0.493 e. The van der Waals surface area contributed by atoms with E-state index in [1.807, 2.05) is 12.1 Å². The van der Waals surface area contributed by atoms with Gasteiger partial charge in [-0.2, -0.15) is 0 Å². The van der Waals surface area contributed by atoms with Crippen LogP contribution in [0.5, 0.6) is 17.2 Å². The van der Waals surface area contributed by atoms with Crippen LogP contribution in [-0.2, 0) is 6.61 Å². The topological polar surface area (TPSA) is 52.9 Å². The normalized spacial score (nSPS) is 13.8. The molecule has 0 spiro atoms. The van der Waals surface area contributed by atoms with Gasteiger partial charge in [-0.15, -0.1) is 0 Å². The van der Waals surface area contributed by atoms with Gasteiger partial charge in [0, 0.05) is 24.9 Å². The number of nitrogens with zero attached hydrogens (tertiary/aromatic N) is 2. The van der Waals surface area contributed by atoms with Gasteiger partial charge in [0.2, 0.25) is 0 Å². The van der Waals surface area contributed by atoms with Crippen molar-refractivity contribution in [2.75, 3.05) is 33.4 Å². The number of rotatable bonds is 9. The molecule has 2 heterocycles. The second kappa shape index (κ2) is 10.3. The predicted molar refractivity (Wildman–Crippen MR) is 120 cm³/mol. The van der Waals surface area contributed by atoms with Crippen molar-refractivity contribution in [2.45, 2.75) is 19.4 Å². The summed E-state index contributed by atoms with van der Waals surface area (Å²) in [5.41, 5.74) is 1.26. The molecule has 0 N–H and O–H groups in total. The number of aromatic nitrogens is 1. The van der Waals surface area contributed by atoms with E-state index in [2.05, 4.69) is 4.90 Å². The van der Waals surface area contributed by atoms with Gasteiger partial charge in [0.25, 0.3) is 5.56 Å². The van der Waals surface area contributed by atoms with Crippen molar-refractivity contribution in [2.24, 2.45) is 0 Å². The van der Waals surface area contributed by atoms with E-state index >= 15 is 0 Å². The Labute approximate surface area is 186 Å². The van der Waals surface area contributed by atoms with Crippen LogP contribution in [-0.4, -0.2) is 42.8 Å². The van der Waals surface area contributed by atoms with Gasteiger partial charge in [0.15, 0.2) is 11.5 Å². The van der Waals surface area contributed by atoms with Gasteiger partial charge in [-0.05, 0) is 61.8 Å². The minimum atomic E-state index is -0.296. The largest absolute Gasteiger partial charge is 0.493 e. The maximum atomic E-state index is 13.0. The molecule has 6 nitrogen and oxygen atoms in total. The van der Waals surface area contributed by atoms with Crippen LogP contribution < -0.4 is 19.8 Å². The molecule has 0 unspecified atom stereocenters. The maximum Gasteiger partial charge on any atom is 0.258 e.